The van der Waals surface area contributed by atoms with Crippen LogP contribution in [0.1, 0.15) is 6.92 Å². The summed E-state index contributed by atoms with van der Waals surface area (Å²) in [4.78, 5) is 23.7. The molecule has 8 heteroatoms. The number of benzene rings is 1. The summed E-state index contributed by atoms with van der Waals surface area (Å²) in [5.41, 5.74) is -1.47. The van der Waals surface area contributed by atoms with Crippen molar-refractivity contribution in [1.82, 2.24) is 5.32 Å². The summed E-state index contributed by atoms with van der Waals surface area (Å²) in [5.74, 6) is -1.58. The Morgan fingerprint density at radius 2 is 2.10 bits per heavy atom. The third-order valence-corrected chi connectivity index (χ3v) is 4.30. The molecular weight excluding hydrogens is 337 g/mol. The molecular formula is C13H15Cl2NO4S. The number of thioether (sulfide) groups is 1. The lowest BCUT2D eigenvalue weighted by molar-refractivity contribution is -0.148. The minimum atomic E-state index is -1.47. The first kappa shape index (κ1) is 18.1. The van der Waals surface area contributed by atoms with E-state index in [1.54, 1.807) is 18.2 Å². The van der Waals surface area contributed by atoms with Gasteiger partial charge in [-0.3, -0.25) is 4.79 Å². The van der Waals surface area contributed by atoms with Crippen molar-refractivity contribution >= 4 is 46.8 Å². The van der Waals surface area contributed by atoms with Crippen LogP contribution in [0.15, 0.2) is 23.1 Å². The van der Waals surface area contributed by atoms with Crippen LogP contribution in [0.2, 0.25) is 10.0 Å². The monoisotopic (exact) mass is 351 g/mol. The first-order valence-electron chi connectivity index (χ1n) is 5.89. The Hall–Kier alpha value is -0.950. The summed E-state index contributed by atoms with van der Waals surface area (Å²) in [5, 5.41) is 12.6. The normalized spacial score (nSPS) is 13.5. The molecule has 116 valence electrons. The number of carboxylic acid groups (broad SMARTS) is 1. The fourth-order valence-corrected chi connectivity index (χ4v) is 2.81. The fraction of sp³-hybridized carbons (Fsp3) is 0.385. The number of carboxylic acids is 1. The SMILES string of the molecule is COCC(C)(NC(=O)CSc1cc(Cl)ccc1Cl)C(=O)O. The number of carbonyl (C=O) groups is 2. The topological polar surface area (TPSA) is 75.6 Å². The highest BCUT2D eigenvalue weighted by atomic mass is 35.5. The number of carbonyl (C=O) groups excluding carboxylic acids is 1. The molecule has 0 saturated carbocycles. The molecule has 1 atom stereocenters. The van der Waals surface area contributed by atoms with Gasteiger partial charge in [0.2, 0.25) is 5.91 Å². The second-order valence-corrected chi connectivity index (χ2v) is 6.34. The van der Waals surface area contributed by atoms with Crippen molar-refractivity contribution in [2.75, 3.05) is 19.5 Å². The van der Waals surface area contributed by atoms with Crippen LogP contribution in [0.25, 0.3) is 0 Å². The number of nitrogens with one attached hydrogen (secondary N) is 1. The van der Waals surface area contributed by atoms with Gasteiger partial charge in [-0.25, -0.2) is 4.79 Å². The zero-order valence-corrected chi connectivity index (χ0v) is 13.8. The molecule has 21 heavy (non-hydrogen) atoms. The maximum atomic E-state index is 11.9. The van der Waals surface area contributed by atoms with Crippen molar-refractivity contribution in [3.05, 3.63) is 28.2 Å². The summed E-state index contributed by atoms with van der Waals surface area (Å²) < 4.78 is 4.83. The number of ether oxygens (including phenoxy) is 1. The van der Waals surface area contributed by atoms with Crippen LogP contribution in [-0.2, 0) is 14.3 Å². The molecule has 5 nitrogen and oxygen atoms in total. The molecule has 0 heterocycles. The Morgan fingerprint density at radius 1 is 1.43 bits per heavy atom. The first-order valence-corrected chi connectivity index (χ1v) is 7.64. The van der Waals surface area contributed by atoms with Gasteiger partial charge < -0.3 is 15.2 Å². The molecule has 1 aromatic carbocycles. The van der Waals surface area contributed by atoms with E-state index in [1.807, 2.05) is 0 Å². The van der Waals surface area contributed by atoms with Crippen LogP contribution in [0.5, 0.6) is 0 Å². The van der Waals surface area contributed by atoms with Crippen molar-refractivity contribution in [1.29, 1.82) is 0 Å². The molecule has 0 aromatic heterocycles. The second-order valence-electron chi connectivity index (χ2n) is 4.48. The minimum absolute atomic E-state index is 0.0205. The molecule has 0 saturated heterocycles. The summed E-state index contributed by atoms with van der Waals surface area (Å²) >= 11 is 13.0. The van der Waals surface area contributed by atoms with E-state index in [2.05, 4.69) is 5.32 Å². The van der Waals surface area contributed by atoms with Gasteiger partial charge in [0.1, 0.15) is 0 Å². The zero-order chi connectivity index (χ0) is 16.0. The highest BCUT2D eigenvalue weighted by Crippen LogP contribution is 2.29. The third kappa shape index (κ3) is 5.39. The number of hydrogen-bond acceptors (Lipinski definition) is 4. The Kier molecular flexibility index (Phi) is 6.80. The average molecular weight is 352 g/mol. The van der Waals surface area contributed by atoms with Gasteiger partial charge in [-0.15, -0.1) is 11.8 Å². The van der Waals surface area contributed by atoms with Gasteiger partial charge in [-0.05, 0) is 25.1 Å². The van der Waals surface area contributed by atoms with E-state index in [1.165, 1.54) is 25.8 Å². The summed E-state index contributed by atoms with van der Waals surface area (Å²) in [6.45, 7) is 1.25. The van der Waals surface area contributed by atoms with E-state index in [0.29, 0.717) is 14.9 Å². The zero-order valence-electron chi connectivity index (χ0n) is 11.5. The Morgan fingerprint density at radius 3 is 2.67 bits per heavy atom. The Bertz CT molecular complexity index is 541. The standard InChI is InChI=1S/C13H15Cl2NO4S/c1-13(7-20-2,12(18)19)16-11(17)6-21-10-5-8(14)3-4-9(10)15/h3-5H,6-7H2,1-2H3,(H,16,17)(H,18,19). The van der Waals surface area contributed by atoms with E-state index >= 15 is 0 Å². The second kappa shape index (κ2) is 7.89. The summed E-state index contributed by atoms with van der Waals surface area (Å²) in [6, 6.07) is 4.93. The Balaban J connectivity index is 2.65. The maximum Gasteiger partial charge on any atom is 0.331 e. The largest absolute Gasteiger partial charge is 0.479 e. The molecule has 0 aliphatic carbocycles. The van der Waals surface area contributed by atoms with Crippen LogP contribution in [0.3, 0.4) is 0 Å². The van der Waals surface area contributed by atoms with Crippen LogP contribution < -0.4 is 5.32 Å². The number of aliphatic carboxylic acids is 1. The van der Waals surface area contributed by atoms with Crippen LogP contribution in [0, 0.1) is 0 Å². The highest BCUT2D eigenvalue weighted by Gasteiger charge is 2.34. The molecule has 0 fully saturated rings. The highest BCUT2D eigenvalue weighted by molar-refractivity contribution is 8.00. The van der Waals surface area contributed by atoms with Gasteiger partial charge in [0.15, 0.2) is 5.54 Å². The molecule has 2 N–H and O–H groups in total. The van der Waals surface area contributed by atoms with Crippen LogP contribution >= 0.6 is 35.0 Å². The van der Waals surface area contributed by atoms with Gasteiger partial charge in [-0.1, -0.05) is 23.2 Å². The average Bonchev–Trinajstić information content (AvgIpc) is 2.40. The van der Waals surface area contributed by atoms with E-state index in [-0.39, 0.29) is 12.4 Å². The van der Waals surface area contributed by atoms with Crippen LogP contribution in [-0.4, -0.2) is 42.0 Å². The lowest BCUT2D eigenvalue weighted by atomic mass is 10.0. The van der Waals surface area contributed by atoms with Crippen molar-refractivity contribution in [3.63, 3.8) is 0 Å². The van der Waals surface area contributed by atoms with Crippen molar-refractivity contribution in [2.45, 2.75) is 17.4 Å². The lowest BCUT2D eigenvalue weighted by Gasteiger charge is -2.25. The minimum Gasteiger partial charge on any atom is -0.479 e. The molecule has 1 rings (SSSR count). The van der Waals surface area contributed by atoms with Crippen LogP contribution in [0.4, 0.5) is 0 Å². The number of hydrogen-bond donors (Lipinski definition) is 2. The van der Waals surface area contributed by atoms with Crippen molar-refractivity contribution < 1.29 is 19.4 Å². The number of methoxy groups -OCH3 is 1. The Labute approximate surface area is 136 Å². The summed E-state index contributed by atoms with van der Waals surface area (Å²) in [7, 11) is 1.37. The smallest absolute Gasteiger partial charge is 0.331 e. The molecule has 0 radical (unpaired) electrons. The summed E-state index contributed by atoms with van der Waals surface area (Å²) in [6.07, 6.45) is 0. The third-order valence-electron chi connectivity index (χ3n) is 2.57. The van der Waals surface area contributed by atoms with Gasteiger partial charge in [0, 0.05) is 17.0 Å². The predicted molar refractivity (Wildman–Crippen MR) is 83.2 cm³/mol. The molecule has 1 aromatic rings. The number of rotatable bonds is 7. The van der Waals surface area contributed by atoms with Gasteiger partial charge in [0.05, 0.1) is 17.4 Å². The molecule has 1 unspecified atom stereocenters. The van der Waals surface area contributed by atoms with E-state index in [4.69, 9.17) is 33.0 Å². The first-order chi connectivity index (χ1) is 9.78. The van der Waals surface area contributed by atoms with E-state index in [0.717, 1.165) is 0 Å². The quantitative estimate of drug-likeness (QED) is 0.738. The predicted octanol–water partition coefficient (Wildman–Crippen LogP) is 2.69. The lowest BCUT2D eigenvalue weighted by Crippen LogP contribution is -2.55. The van der Waals surface area contributed by atoms with Gasteiger partial charge in [0.25, 0.3) is 0 Å². The van der Waals surface area contributed by atoms with Crippen molar-refractivity contribution in [2.24, 2.45) is 0 Å². The number of halogens is 2. The maximum absolute atomic E-state index is 11.9. The molecule has 1 amide bonds. The van der Waals surface area contributed by atoms with Crippen molar-refractivity contribution in [3.8, 4) is 0 Å². The van der Waals surface area contributed by atoms with E-state index in [9.17, 15) is 9.59 Å². The number of amides is 1. The van der Waals surface area contributed by atoms with Gasteiger partial charge >= 0.3 is 5.97 Å². The molecule has 0 aliphatic rings. The fourth-order valence-electron chi connectivity index (χ4n) is 1.51. The van der Waals surface area contributed by atoms with E-state index < -0.39 is 17.4 Å². The molecule has 0 bridgehead atoms. The molecule has 0 spiro atoms. The van der Waals surface area contributed by atoms with Gasteiger partial charge in [-0.2, -0.15) is 0 Å². The molecule has 0 aliphatic heterocycles.